The monoisotopic (exact) mass is 323 g/mol. The lowest BCUT2D eigenvalue weighted by Gasteiger charge is -2.28. The normalized spacial score (nSPS) is 17.0. The highest BCUT2D eigenvalue weighted by Crippen LogP contribution is 2.31. The van der Waals surface area contributed by atoms with Gasteiger partial charge in [-0.15, -0.1) is 0 Å². The Morgan fingerprint density at radius 3 is 2.67 bits per heavy atom. The Morgan fingerprint density at radius 1 is 1.17 bits per heavy atom. The van der Waals surface area contributed by atoms with Crippen LogP contribution in [0.15, 0.2) is 54.6 Å². The number of anilines is 2. The molecule has 0 radical (unpaired) electrons. The lowest BCUT2D eigenvalue weighted by atomic mass is 10.1. The Hall–Kier alpha value is -2.66. The molecular weight excluding hydrogens is 302 g/mol. The summed E-state index contributed by atoms with van der Waals surface area (Å²) in [7, 11) is 0. The second kappa shape index (κ2) is 7.27. The van der Waals surface area contributed by atoms with E-state index in [4.69, 9.17) is 0 Å². The summed E-state index contributed by atoms with van der Waals surface area (Å²) in [5.74, 6) is -0.107. The molecular formula is C19H21N3O2. The van der Waals surface area contributed by atoms with Gasteiger partial charge in [-0.1, -0.05) is 42.5 Å². The first-order chi connectivity index (χ1) is 11.6. The van der Waals surface area contributed by atoms with E-state index in [1.807, 2.05) is 61.5 Å². The van der Waals surface area contributed by atoms with E-state index >= 15 is 0 Å². The third-order valence-electron chi connectivity index (χ3n) is 4.08. The first kappa shape index (κ1) is 16.2. The van der Waals surface area contributed by atoms with E-state index in [2.05, 4.69) is 10.6 Å². The van der Waals surface area contributed by atoms with E-state index in [9.17, 15) is 9.59 Å². The van der Waals surface area contributed by atoms with Crippen molar-refractivity contribution >= 4 is 23.2 Å². The quantitative estimate of drug-likeness (QED) is 0.909. The van der Waals surface area contributed by atoms with Gasteiger partial charge in [0, 0.05) is 19.0 Å². The lowest BCUT2D eigenvalue weighted by molar-refractivity contribution is -0.118. The maximum Gasteiger partial charge on any atom is 0.241 e. The number of fused-ring (bicyclic) bond motifs is 1. The molecule has 1 aliphatic heterocycles. The van der Waals surface area contributed by atoms with Crippen molar-refractivity contribution < 1.29 is 9.59 Å². The molecule has 1 atom stereocenters. The highest BCUT2D eigenvalue weighted by molar-refractivity contribution is 6.04. The molecule has 2 aromatic rings. The van der Waals surface area contributed by atoms with Crippen LogP contribution in [0.3, 0.4) is 0 Å². The second-order valence-electron chi connectivity index (χ2n) is 5.97. The first-order valence-electron chi connectivity index (χ1n) is 8.11. The largest absolute Gasteiger partial charge is 0.324 e. The molecule has 0 aliphatic carbocycles. The van der Waals surface area contributed by atoms with Gasteiger partial charge >= 0.3 is 0 Å². The van der Waals surface area contributed by atoms with Crippen LogP contribution in [0, 0.1) is 0 Å². The molecule has 0 saturated heterocycles. The molecule has 5 nitrogen and oxygen atoms in total. The number of carbonyl (C=O) groups is 2. The fourth-order valence-electron chi connectivity index (χ4n) is 2.96. The number of para-hydroxylation sites is 2. The van der Waals surface area contributed by atoms with Gasteiger partial charge in [0.15, 0.2) is 0 Å². The van der Waals surface area contributed by atoms with Crippen molar-refractivity contribution in [2.45, 2.75) is 25.9 Å². The third kappa shape index (κ3) is 3.63. The van der Waals surface area contributed by atoms with Gasteiger partial charge < -0.3 is 15.5 Å². The molecule has 3 rings (SSSR count). The van der Waals surface area contributed by atoms with Crippen LogP contribution in [0.25, 0.3) is 0 Å². The Kier molecular flexibility index (Phi) is 4.91. The third-order valence-corrected chi connectivity index (χ3v) is 4.08. The predicted octanol–water partition coefficient (Wildman–Crippen LogP) is 2.54. The molecule has 124 valence electrons. The Labute approximate surface area is 141 Å². The van der Waals surface area contributed by atoms with Gasteiger partial charge in [-0.3, -0.25) is 9.59 Å². The van der Waals surface area contributed by atoms with Gasteiger partial charge in [-0.25, -0.2) is 0 Å². The van der Waals surface area contributed by atoms with Crippen molar-refractivity contribution in [2.24, 2.45) is 0 Å². The summed E-state index contributed by atoms with van der Waals surface area (Å²) >= 11 is 0. The Morgan fingerprint density at radius 2 is 1.88 bits per heavy atom. The summed E-state index contributed by atoms with van der Waals surface area (Å²) in [4.78, 5) is 26.4. The number of hydrogen-bond donors (Lipinski definition) is 2. The minimum Gasteiger partial charge on any atom is -0.324 e. The molecule has 0 spiro atoms. The smallest absolute Gasteiger partial charge is 0.241 e. The van der Waals surface area contributed by atoms with Crippen molar-refractivity contribution in [1.29, 1.82) is 0 Å². The summed E-state index contributed by atoms with van der Waals surface area (Å²) in [5, 5.41) is 6.05. The fraction of sp³-hybridized carbons (Fsp3) is 0.263. The second-order valence-corrected chi connectivity index (χ2v) is 5.97. The minimum atomic E-state index is -0.181. The van der Waals surface area contributed by atoms with Crippen molar-refractivity contribution in [3.8, 4) is 0 Å². The van der Waals surface area contributed by atoms with E-state index in [1.54, 1.807) is 4.90 Å². The molecule has 0 saturated carbocycles. The van der Waals surface area contributed by atoms with Crippen LogP contribution in [0.5, 0.6) is 0 Å². The van der Waals surface area contributed by atoms with Gasteiger partial charge in [-0.05, 0) is 24.6 Å². The molecule has 0 fully saturated rings. The van der Waals surface area contributed by atoms with Crippen LogP contribution in [0.4, 0.5) is 11.4 Å². The number of nitrogens with zero attached hydrogens (tertiary/aromatic N) is 1. The SMILES string of the molecule is CC1CC(=O)Nc2ccccc2N1C(=O)CNCc1ccccc1. The van der Waals surface area contributed by atoms with Crippen molar-refractivity contribution in [3.63, 3.8) is 0 Å². The van der Waals surface area contributed by atoms with Gasteiger partial charge in [0.2, 0.25) is 11.8 Å². The minimum absolute atomic E-state index is 0.0395. The first-order valence-corrected chi connectivity index (χ1v) is 8.11. The molecule has 5 heteroatoms. The zero-order chi connectivity index (χ0) is 16.9. The molecule has 2 amide bonds. The van der Waals surface area contributed by atoms with Crippen molar-refractivity contribution in [1.82, 2.24) is 5.32 Å². The van der Waals surface area contributed by atoms with Gasteiger partial charge in [0.25, 0.3) is 0 Å². The van der Waals surface area contributed by atoms with E-state index in [1.165, 1.54) is 0 Å². The molecule has 0 bridgehead atoms. The number of hydrogen-bond acceptors (Lipinski definition) is 3. The van der Waals surface area contributed by atoms with E-state index in [0.29, 0.717) is 18.7 Å². The Bertz CT molecular complexity index is 730. The van der Waals surface area contributed by atoms with Gasteiger partial charge in [0.1, 0.15) is 0 Å². The van der Waals surface area contributed by atoms with Gasteiger partial charge in [0.05, 0.1) is 17.9 Å². The summed E-state index contributed by atoms with van der Waals surface area (Å²) in [5.41, 5.74) is 2.57. The Balaban J connectivity index is 1.72. The summed E-state index contributed by atoms with van der Waals surface area (Å²) in [6, 6.07) is 17.2. The van der Waals surface area contributed by atoms with Crippen LogP contribution in [0.2, 0.25) is 0 Å². The van der Waals surface area contributed by atoms with Crippen LogP contribution < -0.4 is 15.5 Å². The number of rotatable bonds is 4. The highest BCUT2D eigenvalue weighted by Gasteiger charge is 2.29. The summed E-state index contributed by atoms with van der Waals surface area (Å²) < 4.78 is 0. The fourth-order valence-corrected chi connectivity index (χ4v) is 2.96. The van der Waals surface area contributed by atoms with Crippen LogP contribution >= 0.6 is 0 Å². The molecule has 1 aliphatic rings. The van der Waals surface area contributed by atoms with E-state index in [-0.39, 0.29) is 24.4 Å². The molecule has 2 N–H and O–H groups in total. The zero-order valence-corrected chi connectivity index (χ0v) is 13.7. The van der Waals surface area contributed by atoms with Crippen LogP contribution in [-0.4, -0.2) is 24.4 Å². The van der Waals surface area contributed by atoms with Crippen molar-refractivity contribution in [3.05, 3.63) is 60.2 Å². The number of nitrogens with one attached hydrogen (secondary N) is 2. The molecule has 1 unspecified atom stereocenters. The molecule has 0 aromatic heterocycles. The summed E-state index contributed by atoms with van der Waals surface area (Å²) in [6.07, 6.45) is 0.291. The van der Waals surface area contributed by atoms with Crippen LogP contribution in [-0.2, 0) is 16.1 Å². The maximum absolute atomic E-state index is 12.7. The zero-order valence-electron chi connectivity index (χ0n) is 13.7. The molecule has 1 heterocycles. The van der Waals surface area contributed by atoms with Crippen LogP contribution in [0.1, 0.15) is 18.9 Å². The highest BCUT2D eigenvalue weighted by atomic mass is 16.2. The lowest BCUT2D eigenvalue weighted by Crippen LogP contribution is -2.43. The molecule has 24 heavy (non-hydrogen) atoms. The number of amides is 2. The standard InChI is InChI=1S/C19H21N3O2/c1-14-11-18(23)21-16-9-5-6-10-17(16)22(14)19(24)13-20-12-15-7-3-2-4-8-15/h2-10,14,20H,11-13H2,1H3,(H,21,23). The summed E-state index contributed by atoms with van der Waals surface area (Å²) in [6.45, 7) is 2.76. The number of carbonyl (C=O) groups excluding carboxylic acids is 2. The topological polar surface area (TPSA) is 61.4 Å². The average molecular weight is 323 g/mol. The predicted molar refractivity (Wildman–Crippen MR) is 94.8 cm³/mol. The van der Waals surface area contributed by atoms with Gasteiger partial charge in [-0.2, -0.15) is 0 Å². The van der Waals surface area contributed by atoms with E-state index < -0.39 is 0 Å². The average Bonchev–Trinajstić information content (AvgIpc) is 2.70. The number of benzene rings is 2. The van der Waals surface area contributed by atoms with Crippen molar-refractivity contribution in [2.75, 3.05) is 16.8 Å². The molecule has 2 aromatic carbocycles. The maximum atomic E-state index is 12.7. The van der Waals surface area contributed by atoms with E-state index in [0.717, 1.165) is 11.3 Å².